The number of carbonyl (C=O) groups excluding carboxylic acids is 1. The van der Waals surface area contributed by atoms with Crippen molar-refractivity contribution < 1.29 is 9.53 Å². The summed E-state index contributed by atoms with van der Waals surface area (Å²) < 4.78 is 6.93. The van der Waals surface area contributed by atoms with Crippen molar-refractivity contribution in [3.63, 3.8) is 0 Å². The lowest BCUT2D eigenvalue weighted by Gasteiger charge is -2.10. The van der Waals surface area contributed by atoms with Gasteiger partial charge in [0.1, 0.15) is 11.6 Å². The molecule has 0 saturated heterocycles. The number of esters is 1. The summed E-state index contributed by atoms with van der Waals surface area (Å²) in [6, 6.07) is 3.50. The maximum atomic E-state index is 11.6. The van der Waals surface area contributed by atoms with Gasteiger partial charge in [0.15, 0.2) is 5.82 Å². The van der Waals surface area contributed by atoms with E-state index in [1.807, 2.05) is 0 Å². The van der Waals surface area contributed by atoms with Gasteiger partial charge in [0, 0.05) is 13.0 Å². The minimum absolute atomic E-state index is 0.371. The summed E-state index contributed by atoms with van der Waals surface area (Å²) >= 11 is 0. The zero-order valence-corrected chi connectivity index (χ0v) is 13.5. The number of ether oxygens (including phenoxy) is 1. The average molecular weight is 315 g/mol. The Morgan fingerprint density at radius 2 is 2.17 bits per heavy atom. The normalized spacial score (nSPS) is 14.0. The largest absolute Gasteiger partial charge is 0.465 e. The number of fused-ring (bicyclic) bond motifs is 1. The smallest absolute Gasteiger partial charge is 0.339 e. The van der Waals surface area contributed by atoms with E-state index in [0.717, 1.165) is 24.6 Å². The number of carbonyl (C=O) groups is 1. The summed E-state index contributed by atoms with van der Waals surface area (Å²) in [5.74, 6) is 2.34. The summed E-state index contributed by atoms with van der Waals surface area (Å²) in [7, 11) is 1.37. The second-order valence-corrected chi connectivity index (χ2v) is 5.67. The van der Waals surface area contributed by atoms with Crippen molar-refractivity contribution in [2.24, 2.45) is 0 Å². The predicted molar refractivity (Wildman–Crippen MR) is 85.2 cm³/mol. The van der Waals surface area contributed by atoms with Crippen molar-refractivity contribution >= 4 is 11.8 Å². The first kappa shape index (κ1) is 15.5. The molecule has 0 amide bonds. The molecule has 0 aromatic carbocycles. The van der Waals surface area contributed by atoms with Crippen LogP contribution in [0.25, 0.3) is 0 Å². The molecule has 0 fully saturated rings. The van der Waals surface area contributed by atoms with Crippen molar-refractivity contribution in [1.82, 2.24) is 19.7 Å². The Balaban J connectivity index is 1.70. The van der Waals surface area contributed by atoms with E-state index >= 15 is 0 Å². The van der Waals surface area contributed by atoms with E-state index in [4.69, 9.17) is 4.74 Å². The first-order chi connectivity index (χ1) is 11.2. The summed E-state index contributed by atoms with van der Waals surface area (Å²) in [5, 5.41) is 11.8. The highest BCUT2D eigenvalue weighted by Crippen LogP contribution is 2.16. The third-order valence-corrected chi connectivity index (χ3v) is 4.10. The number of pyridine rings is 1. The Morgan fingerprint density at radius 3 is 2.96 bits per heavy atom. The van der Waals surface area contributed by atoms with E-state index in [0.29, 0.717) is 23.6 Å². The number of methoxy groups -OCH3 is 1. The number of hydrogen-bond donors (Lipinski definition) is 1. The average Bonchev–Trinajstić information content (AvgIpc) is 2.78. The summed E-state index contributed by atoms with van der Waals surface area (Å²) in [6.45, 7) is 3.34. The highest BCUT2D eigenvalue weighted by atomic mass is 16.5. The molecule has 122 valence electrons. The molecule has 1 N–H and O–H groups in total. The molecule has 7 nitrogen and oxygen atoms in total. The van der Waals surface area contributed by atoms with E-state index in [-0.39, 0.29) is 5.97 Å². The number of hydrogen-bond acceptors (Lipinski definition) is 6. The Hall–Kier alpha value is -2.44. The molecule has 3 rings (SSSR count). The molecule has 23 heavy (non-hydrogen) atoms. The monoisotopic (exact) mass is 315 g/mol. The van der Waals surface area contributed by atoms with E-state index in [1.165, 1.54) is 26.4 Å². The highest BCUT2D eigenvalue weighted by Gasteiger charge is 2.15. The maximum Gasteiger partial charge on any atom is 0.339 e. The molecule has 0 saturated carbocycles. The second kappa shape index (κ2) is 6.76. The van der Waals surface area contributed by atoms with Crippen LogP contribution in [0.5, 0.6) is 0 Å². The van der Waals surface area contributed by atoms with Crippen molar-refractivity contribution in [2.45, 2.75) is 45.7 Å². The van der Waals surface area contributed by atoms with Gasteiger partial charge >= 0.3 is 5.97 Å². The van der Waals surface area contributed by atoms with Crippen LogP contribution in [0.2, 0.25) is 0 Å². The molecule has 0 bridgehead atoms. The molecule has 0 unspecified atom stereocenters. The summed E-state index contributed by atoms with van der Waals surface area (Å²) in [6.07, 6.45) is 4.59. The fraction of sp³-hybridized carbons (Fsp3) is 0.500. The van der Waals surface area contributed by atoms with Gasteiger partial charge < -0.3 is 14.6 Å². The van der Waals surface area contributed by atoms with Gasteiger partial charge in [-0.25, -0.2) is 9.78 Å². The molecule has 3 heterocycles. The maximum absolute atomic E-state index is 11.6. The van der Waals surface area contributed by atoms with Crippen molar-refractivity contribution in [1.29, 1.82) is 0 Å². The van der Waals surface area contributed by atoms with Gasteiger partial charge in [0.2, 0.25) is 0 Å². The van der Waals surface area contributed by atoms with Crippen LogP contribution in [0.1, 0.15) is 47.0 Å². The minimum atomic E-state index is -0.371. The van der Waals surface area contributed by atoms with Crippen LogP contribution in [-0.4, -0.2) is 32.8 Å². The van der Waals surface area contributed by atoms with Crippen LogP contribution in [0.15, 0.2) is 12.1 Å². The zero-order valence-electron chi connectivity index (χ0n) is 13.5. The number of anilines is 1. The van der Waals surface area contributed by atoms with Crippen LogP contribution in [0.4, 0.5) is 5.82 Å². The highest BCUT2D eigenvalue weighted by molar-refractivity contribution is 5.90. The van der Waals surface area contributed by atoms with E-state index in [2.05, 4.69) is 25.1 Å². The van der Waals surface area contributed by atoms with Gasteiger partial charge in [-0.05, 0) is 31.9 Å². The second-order valence-electron chi connectivity index (χ2n) is 5.67. The summed E-state index contributed by atoms with van der Waals surface area (Å²) in [5.41, 5.74) is 1.12. The molecule has 2 aromatic rings. The van der Waals surface area contributed by atoms with Gasteiger partial charge in [-0.3, -0.25) is 0 Å². The molecule has 0 radical (unpaired) electrons. The van der Waals surface area contributed by atoms with E-state index in [9.17, 15) is 4.79 Å². The van der Waals surface area contributed by atoms with E-state index in [1.54, 1.807) is 19.1 Å². The topological polar surface area (TPSA) is 81.9 Å². The van der Waals surface area contributed by atoms with Crippen LogP contribution < -0.4 is 5.32 Å². The fourth-order valence-corrected chi connectivity index (χ4v) is 2.83. The van der Waals surface area contributed by atoms with Crippen molar-refractivity contribution in [3.05, 3.63) is 35.0 Å². The van der Waals surface area contributed by atoms with Gasteiger partial charge in [0.25, 0.3) is 0 Å². The lowest BCUT2D eigenvalue weighted by molar-refractivity contribution is 0.0599. The minimum Gasteiger partial charge on any atom is -0.465 e. The molecule has 1 aliphatic rings. The van der Waals surface area contributed by atoms with Crippen molar-refractivity contribution in [2.75, 3.05) is 12.4 Å². The zero-order chi connectivity index (χ0) is 16.2. The molecular weight excluding hydrogens is 294 g/mol. The van der Waals surface area contributed by atoms with Gasteiger partial charge in [0.05, 0.1) is 24.9 Å². The van der Waals surface area contributed by atoms with Gasteiger partial charge in [-0.2, -0.15) is 0 Å². The standard InChI is InChI=1S/C16H21N5O2/c1-11-12(16(22)23-2)7-8-13(18-11)17-10-15-20-19-14-6-4-3-5-9-21(14)15/h7-8H,3-6,9-10H2,1-2H3,(H,17,18). The van der Waals surface area contributed by atoms with Crippen LogP contribution in [-0.2, 0) is 24.2 Å². The first-order valence-corrected chi connectivity index (χ1v) is 7.90. The molecule has 0 spiro atoms. The fourth-order valence-electron chi connectivity index (χ4n) is 2.83. The Kier molecular flexibility index (Phi) is 4.55. The third-order valence-electron chi connectivity index (χ3n) is 4.10. The molecule has 0 aliphatic carbocycles. The Morgan fingerprint density at radius 1 is 1.30 bits per heavy atom. The van der Waals surface area contributed by atoms with Crippen LogP contribution >= 0.6 is 0 Å². The quantitative estimate of drug-likeness (QED) is 0.870. The molecule has 1 aliphatic heterocycles. The first-order valence-electron chi connectivity index (χ1n) is 7.90. The van der Waals surface area contributed by atoms with Gasteiger partial charge in [-0.15, -0.1) is 10.2 Å². The molecule has 2 aromatic heterocycles. The predicted octanol–water partition coefficient (Wildman–Crippen LogP) is 2.11. The number of aromatic nitrogens is 4. The number of nitrogens with one attached hydrogen (secondary N) is 1. The third kappa shape index (κ3) is 3.33. The van der Waals surface area contributed by atoms with Crippen LogP contribution in [0, 0.1) is 6.92 Å². The SMILES string of the molecule is COC(=O)c1ccc(NCc2nnc3n2CCCCC3)nc1C. The van der Waals surface area contributed by atoms with Crippen LogP contribution in [0.3, 0.4) is 0 Å². The number of nitrogens with zero attached hydrogens (tertiary/aromatic N) is 4. The number of rotatable bonds is 4. The van der Waals surface area contributed by atoms with Gasteiger partial charge in [-0.1, -0.05) is 6.42 Å². The van der Waals surface area contributed by atoms with E-state index < -0.39 is 0 Å². The summed E-state index contributed by atoms with van der Waals surface area (Å²) in [4.78, 5) is 16.0. The molecular formula is C16H21N5O2. The Bertz CT molecular complexity index is 710. The number of aryl methyl sites for hydroxylation is 2. The lowest BCUT2D eigenvalue weighted by Crippen LogP contribution is -2.12. The lowest BCUT2D eigenvalue weighted by atomic mass is 10.2. The van der Waals surface area contributed by atoms with Crippen molar-refractivity contribution in [3.8, 4) is 0 Å². The molecule has 0 atom stereocenters. The Labute approximate surface area is 135 Å². The molecule has 7 heteroatoms.